The lowest BCUT2D eigenvalue weighted by atomic mass is 10.2. The molecule has 2 aromatic heterocycles. The number of ether oxygens (including phenoxy) is 1. The van der Waals surface area contributed by atoms with Crippen LogP contribution in [0, 0.1) is 0 Å². The van der Waals surface area contributed by atoms with E-state index in [1.54, 1.807) is 7.11 Å². The normalized spacial score (nSPS) is 12.3. The SMILES string of the molecule is CCCCc1noc(C(C)Sc2nnc(-c3ccccc3OC)n2N)n1. The maximum Gasteiger partial charge on any atom is 0.239 e. The van der Waals surface area contributed by atoms with E-state index >= 15 is 0 Å². The lowest BCUT2D eigenvalue weighted by molar-refractivity contribution is 0.374. The van der Waals surface area contributed by atoms with Crippen LogP contribution in [-0.2, 0) is 6.42 Å². The second kappa shape index (κ2) is 8.22. The Morgan fingerprint density at radius 3 is 2.88 bits per heavy atom. The number of benzene rings is 1. The quantitative estimate of drug-likeness (QED) is 0.473. The number of nitrogens with zero attached hydrogens (tertiary/aromatic N) is 5. The molecule has 0 radical (unpaired) electrons. The number of hydrogen-bond acceptors (Lipinski definition) is 8. The van der Waals surface area contributed by atoms with Crippen LogP contribution in [0.3, 0.4) is 0 Å². The summed E-state index contributed by atoms with van der Waals surface area (Å²) in [5.74, 6) is 8.72. The molecule has 26 heavy (non-hydrogen) atoms. The van der Waals surface area contributed by atoms with Crippen LogP contribution in [0.15, 0.2) is 33.9 Å². The lowest BCUT2D eigenvalue weighted by Crippen LogP contribution is -2.12. The van der Waals surface area contributed by atoms with Gasteiger partial charge in [-0.1, -0.05) is 42.4 Å². The number of aryl methyl sites for hydroxylation is 1. The maximum atomic E-state index is 6.20. The van der Waals surface area contributed by atoms with Crippen LogP contribution in [0.4, 0.5) is 0 Å². The van der Waals surface area contributed by atoms with Crippen LogP contribution in [0.2, 0.25) is 0 Å². The number of methoxy groups -OCH3 is 1. The van der Waals surface area contributed by atoms with Gasteiger partial charge in [0.15, 0.2) is 11.6 Å². The van der Waals surface area contributed by atoms with Gasteiger partial charge in [0.05, 0.1) is 17.9 Å². The number of nitrogens with two attached hydrogens (primary N) is 1. The summed E-state index contributed by atoms with van der Waals surface area (Å²) < 4.78 is 12.2. The number of thioether (sulfide) groups is 1. The molecule has 0 amide bonds. The molecule has 0 fully saturated rings. The molecule has 3 aromatic rings. The fourth-order valence-corrected chi connectivity index (χ4v) is 3.25. The van der Waals surface area contributed by atoms with Crippen molar-refractivity contribution in [3.63, 3.8) is 0 Å². The van der Waals surface area contributed by atoms with Gasteiger partial charge in [-0.15, -0.1) is 10.2 Å². The van der Waals surface area contributed by atoms with Gasteiger partial charge in [-0.05, 0) is 25.5 Å². The predicted octanol–water partition coefficient (Wildman–Crippen LogP) is 3.25. The Labute approximate surface area is 156 Å². The summed E-state index contributed by atoms with van der Waals surface area (Å²) in [6.45, 7) is 4.10. The average molecular weight is 374 g/mol. The predicted molar refractivity (Wildman–Crippen MR) is 99.3 cm³/mol. The first-order valence-corrected chi connectivity index (χ1v) is 9.35. The van der Waals surface area contributed by atoms with Gasteiger partial charge in [-0.25, -0.2) is 4.68 Å². The third kappa shape index (κ3) is 3.82. The summed E-state index contributed by atoms with van der Waals surface area (Å²) >= 11 is 1.42. The molecule has 0 aliphatic heterocycles. The second-order valence-electron chi connectivity index (χ2n) is 5.79. The van der Waals surface area contributed by atoms with E-state index in [1.165, 1.54) is 16.4 Å². The fraction of sp³-hybridized carbons (Fsp3) is 0.412. The van der Waals surface area contributed by atoms with E-state index in [0.717, 1.165) is 30.7 Å². The monoisotopic (exact) mass is 374 g/mol. The first kappa shape index (κ1) is 18.2. The zero-order chi connectivity index (χ0) is 18.5. The van der Waals surface area contributed by atoms with E-state index in [9.17, 15) is 0 Å². The van der Waals surface area contributed by atoms with Crippen molar-refractivity contribution in [3.05, 3.63) is 36.0 Å². The van der Waals surface area contributed by atoms with Crippen molar-refractivity contribution >= 4 is 11.8 Å². The van der Waals surface area contributed by atoms with E-state index < -0.39 is 0 Å². The van der Waals surface area contributed by atoms with E-state index in [1.807, 2.05) is 31.2 Å². The van der Waals surface area contributed by atoms with Gasteiger partial charge in [-0.2, -0.15) is 4.98 Å². The molecule has 138 valence electrons. The van der Waals surface area contributed by atoms with Gasteiger partial charge >= 0.3 is 0 Å². The van der Waals surface area contributed by atoms with Gasteiger partial charge in [-0.3, -0.25) is 0 Å². The number of hydrogen-bond donors (Lipinski definition) is 1. The molecule has 8 nitrogen and oxygen atoms in total. The van der Waals surface area contributed by atoms with E-state index in [2.05, 4.69) is 27.3 Å². The summed E-state index contributed by atoms with van der Waals surface area (Å²) in [5, 5.41) is 12.9. The first-order chi connectivity index (χ1) is 12.6. The van der Waals surface area contributed by atoms with Crippen molar-refractivity contribution in [1.29, 1.82) is 0 Å². The van der Waals surface area contributed by atoms with Crippen LogP contribution in [0.1, 0.15) is 43.7 Å². The molecule has 2 N–H and O–H groups in total. The second-order valence-corrected chi connectivity index (χ2v) is 7.10. The molecule has 9 heteroatoms. The minimum atomic E-state index is -0.0881. The Bertz CT molecular complexity index is 863. The van der Waals surface area contributed by atoms with Gasteiger partial charge < -0.3 is 15.1 Å². The lowest BCUT2D eigenvalue weighted by Gasteiger charge is -2.09. The van der Waals surface area contributed by atoms with Crippen molar-refractivity contribution in [3.8, 4) is 17.1 Å². The van der Waals surface area contributed by atoms with E-state index in [0.29, 0.717) is 22.6 Å². The van der Waals surface area contributed by atoms with Crippen LogP contribution in [-0.4, -0.2) is 32.1 Å². The maximum absolute atomic E-state index is 6.20. The number of aromatic nitrogens is 5. The van der Waals surface area contributed by atoms with Gasteiger partial charge in [0.2, 0.25) is 11.0 Å². The fourth-order valence-electron chi connectivity index (χ4n) is 2.45. The molecular weight excluding hydrogens is 352 g/mol. The topological polar surface area (TPSA) is 105 Å². The number of nitrogen functional groups attached to an aromatic ring is 1. The highest BCUT2D eigenvalue weighted by atomic mass is 32.2. The molecule has 0 saturated heterocycles. The summed E-state index contributed by atoms with van der Waals surface area (Å²) in [6, 6.07) is 7.54. The molecule has 1 atom stereocenters. The minimum Gasteiger partial charge on any atom is -0.496 e. The van der Waals surface area contributed by atoms with E-state index in [-0.39, 0.29) is 5.25 Å². The summed E-state index contributed by atoms with van der Waals surface area (Å²) in [6.07, 6.45) is 2.96. The Morgan fingerprint density at radius 1 is 1.31 bits per heavy atom. The summed E-state index contributed by atoms with van der Waals surface area (Å²) in [4.78, 5) is 4.45. The molecule has 1 unspecified atom stereocenters. The highest BCUT2D eigenvalue weighted by Crippen LogP contribution is 2.35. The zero-order valence-corrected chi connectivity index (χ0v) is 15.9. The third-order valence-electron chi connectivity index (χ3n) is 3.88. The number of para-hydroxylation sites is 1. The van der Waals surface area contributed by atoms with E-state index in [4.69, 9.17) is 15.1 Å². The highest BCUT2D eigenvalue weighted by Gasteiger charge is 2.21. The van der Waals surface area contributed by atoms with Crippen LogP contribution in [0.25, 0.3) is 11.4 Å². The van der Waals surface area contributed by atoms with Crippen molar-refractivity contribution in [2.24, 2.45) is 0 Å². The number of rotatable bonds is 8. The zero-order valence-electron chi connectivity index (χ0n) is 15.0. The van der Waals surface area contributed by atoms with Crippen LogP contribution in [0.5, 0.6) is 5.75 Å². The average Bonchev–Trinajstić information content (AvgIpc) is 3.27. The molecule has 1 aromatic carbocycles. The standard InChI is InChI=1S/C17H22N6O2S/c1-4-5-10-14-19-16(25-22-14)11(2)26-17-21-20-15(23(17)18)12-8-6-7-9-13(12)24-3/h6-9,11H,4-5,10,18H2,1-3H3. The van der Waals surface area contributed by atoms with Crippen LogP contribution < -0.4 is 10.6 Å². The minimum absolute atomic E-state index is 0.0881. The summed E-state index contributed by atoms with van der Waals surface area (Å²) in [7, 11) is 1.61. The van der Waals surface area contributed by atoms with Gasteiger partial charge in [0, 0.05) is 6.42 Å². The van der Waals surface area contributed by atoms with Crippen molar-refractivity contribution in [1.82, 2.24) is 25.0 Å². The Hall–Kier alpha value is -2.55. The van der Waals surface area contributed by atoms with Crippen molar-refractivity contribution in [2.75, 3.05) is 13.0 Å². The number of unbranched alkanes of at least 4 members (excludes halogenated alkanes) is 1. The van der Waals surface area contributed by atoms with Gasteiger partial charge in [0.25, 0.3) is 0 Å². The van der Waals surface area contributed by atoms with Crippen molar-refractivity contribution < 1.29 is 9.26 Å². The van der Waals surface area contributed by atoms with Crippen LogP contribution >= 0.6 is 11.8 Å². The van der Waals surface area contributed by atoms with Gasteiger partial charge in [0.1, 0.15) is 5.75 Å². The Balaban J connectivity index is 1.77. The molecule has 0 aliphatic rings. The Morgan fingerprint density at radius 2 is 2.12 bits per heavy atom. The molecule has 0 saturated carbocycles. The molecule has 0 aliphatic carbocycles. The highest BCUT2D eigenvalue weighted by molar-refractivity contribution is 7.99. The molecular formula is C17H22N6O2S. The smallest absolute Gasteiger partial charge is 0.239 e. The molecule has 0 spiro atoms. The molecule has 3 rings (SSSR count). The third-order valence-corrected chi connectivity index (χ3v) is 4.92. The van der Waals surface area contributed by atoms with Crippen molar-refractivity contribution in [2.45, 2.75) is 43.5 Å². The Kier molecular flexibility index (Phi) is 5.77. The molecule has 0 bridgehead atoms. The summed E-state index contributed by atoms with van der Waals surface area (Å²) in [5.41, 5.74) is 0.782. The molecule has 2 heterocycles. The first-order valence-electron chi connectivity index (χ1n) is 8.47. The largest absolute Gasteiger partial charge is 0.496 e.